The molecule has 0 aliphatic rings. The van der Waals surface area contributed by atoms with Crippen LogP contribution in [0.15, 0.2) is 55.3 Å². The monoisotopic (exact) mass is 272 g/mol. The number of rotatable bonds is 8. The number of allylic oxidation sites excluding steroid dienone is 1. The minimum Gasteiger partial charge on any atom is -0.352 e. The van der Waals surface area contributed by atoms with E-state index in [1.54, 1.807) is 18.3 Å². The molecule has 0 saturated carbocycles. The molecule has 20 heavy (non-hydrogen) atoms. The molecule has 1 rings (SSSR count). The van der Waals surface area contributed by atoms with Crippen molar-refractivity contribution in [1.29, 1.82) is 0 Å². The molecule has 0 aromatic heterocycles. The van der Waals surface area contributed by atoms with E-state index in [2.05, 4.69) is 17.2 Å². The molecule has 0 unspecified atom stereocenters. The van der Waals surface area contributed by atoms with Crippen molar-refractivity contribution in [1.82, 2.24) is 10.6 Å². The van der Waals surface area contributed by atoms with Gasteiger partial charge in [-0.05, 0) is 37.5 Å². The van der Waals surface area contributed by atoms with Gasteiger partial charge in [0.2, 0.25) is 5.91 Å². The summed E-state index contributed by atoms with van der Waals surface area (Å²) < 4.78 is 0. The van der Waals surface area contributed by atoms with Gasteiger partial charge in [0.25, 0.3) is 5.91 Å². The molecule has 0 saturated heterocycles. The van der Waals surface area contributed by atoms with Crippen LogP contribution in [-0.4, -0.2) is 18.4 Å². The highest BCUT2D eigenvalue weighted by Gasteiger charge is 2.01. The van der Waals surface area contributed by atoms with Crippen LogP contribution in [0.4, 0.5) is 0 Å². The molecule has 2 N–H and O–H groups in total. The van der Waals surface area contributed by atoms with Crippen LogP contribution in [0.1, 0.15) is 29.6 Å². The fourth-order valence-corrected chi connectivity index (χ4v) is 1.56. The standard InChI is InChI=1S/C16H20N2O2/c1-2-15(19)17-12-8-3-4-9-13-18-16(20)14-10-6-5-7-11-14/h2,5-8,10-12H,1,3-4,9,13H2,(H,17,19)(H,18,20)/b12-8+. The van der Waals surface area contributed by atoms with Crippen LogP contribution in [0.25, 0.3) is 0 Å². The first kappa shape index (κ1) is 15.7. The van der Waals surface area contributed by atoms with Gasteiger partial charge in [-0.15, -0.1) is 0 Å². The topological polar surface area (TPSA) is 58.2 Å². The molecular formula is C16H20N2O2. The highest BCUT2D eigenvalue weighted by molar-refractivity contribution is 5.94. The van der Waals surface area contributed by atoms with Crippen LogP contribution < -0.4 is 10.6 Å². The van der Waals surface area contributed by atoms with Crippen LogP contribution >= 0.6 is 0 Å². The summed E-state index contributed by atoms with van der Waals surface area (Å²) in [4.78, 5) is 22.5. The number of benzene rings is 1. The second kappa shape index (κ2) is 9.55. The number of unbranched alkanes of at least 4 members (excludes halogenated alkanes) is 2. The predicted octanol–water partition coefficient (Wildman–Crippen LogP) is 2.40. The molecule has 0 heterocycles. The Labute approximate surface area is 119 Å². The van der Waals surface area contributed by atoms with Gasteiger partial charge in [0.1, 0.15) is 0 Å². The van der Waals surface area contributed by atoms with E-state index in [1.165, 1.54) is 6.08 Å². The van der Waals surface area contributed by atoms with Crippen molar-refractivity contribution >= 4 is 11.8 Å². The number of nitrogens with one attached hydrogen (secondary N) is 2. The lowest BCUT2D eigenvalue weighted by molar-refractivity contribution is -0.115. The third-order valence-corrected chi connectivity index (χ3v) is 2.65. The lowest BCUT2D eigenvalue weighted by Gasteiger charge is -2.04. The van der Waals surface area contributed by atoms with E-state index in [0.29, 0.717) is 12.1 Å². The smallest absolute Gasteiger partial charge is 0.251 e. The van der Waals surface area contributed by atoms with Crippen LogP contribution in [0.5, 0.6) is 0 Å². The molecule has 0 atom stereocenters. The number of hydrogen-bond acceptors (Lipinski definition) is 2. The Morgan fingerprint density at radius 2 is 1.90 bits per heavy atom. The third-order valence-electron chi connectivity index (χ3n) is 2.65. The summed E-state index contributed by atoms with van der Waals surface area (Å²) in [7, 11) is 0. The summed E-state index contributed by atoms with van der Waals surface area (Å²) in [5.74, 6) is -0.254. The van der Waals surface area contributed by atoms with Gasteiger partial charge in [-0.3, -0.25) is 9.59 Å². The molecular weight excluding hydrogens is 252 g/mol. The van der Waals surface area contributed by atoms with Gasteiger partial charge in [-0.2, -0.15) is 0 Å². The molecule has 106 valence electrons. The molecule has 0 fully saturated rings. The van der Waals surface area contributed by atoms with E-state index in [9.17, 15) is 9.59 Å². The number of carbonyl (C=O) groups is 2. The Bertz CT molecular complexity index is 467. The molecule has 0 radical (unpaired) electrons. The zero-order valence-electron chi connectivity index (χ0n) is 11.5. The maximum absolute atomic E-state index is 11.7. The van der Waals surface area contributed by atoms with Gasteiger partial charge < -0.3 is 10.6 Å². The SMILES string of the molecule is C=CC(=O)N/C=C/CCCCNC(=O)c1ccccc1. The van der Waals surface area contributed by atoms with Crippen molar-refractivity contribution in [2.24, 2.45) is 0 Å². The summed E-state index contributed by atoms with van der Waals surface area (Å²) in [6.45, 7) is 4.01. The van der Waals surface area contributed by atoms with E-state index >= 15 is 0 Å². The fraction of sp³-hybridized carbons (Fsp3) is 0.250. The van der Waals surface area contributed by atoms with Crippen LogP contribution in [0, 0.1) is 0 Å². The van der Waals surface area contributed by atoms with Crippen molar-refractivity contribution in [2.45, 2.75) is 19.3 Å². The first-order chi connectivity index (χ1) is 9.74. The molecule has 0 spiro atoms. The van der Waals surface area contributed by atoms with Crippen molar-refractivity contribution < 1.29 is 9.59 Å². The van der Waals surface area contributed by atoms with Gasteiger partial charge in [0, 0.05) is 18.3 Å². The Morgan fingerprint density at radius 3 is 2.60 bits per heavy atom. The minimum atomic E-state index is -0.212. The number of amides is 2. The highest BCUT2D eigenvalue weighted by atomic mass is 16.2. The average molecular weight is 272 g/mol. The van der Waals surface area contributed by atoms with Gasteiger partial charge >= 0.3 is 0 Å². The Hall–Kier alpha value is -2.36. The summed E-state index contributed by atoms with van der Waals surface area (Å²) >= 11 is 0. The van der Waals surface area contributed by atoms with Crippen LogP contribution in [0.2, 0.25) is 0 Å². The molecule has 4 nitrogen and oxygen atoms in total. The third kappa shape index (κ3) is 6.54. The van der Waals surface area contributed by atoms with Gasteiger partial charge in [0.05, 0.1) is 0 Å². The lowest BCUT2D eigenvalue weighted by atomic mass is 10.2. The first-order valence-electron chi connectivity index (χ1n) is 6.65. The average Bonchev–Trinajstić information content (AvgIpc) is 2.50. The van der Waals surface area contributed by atoms with Gasteiger partial charge in [0.15, 0.2) is 0 Å². The van der Waals surface area contributed by atoms with E-state index < -0.39 is 0 Å². The van der Waals surface area contributed by atoms with Crippen molar-refractivity contribution in [3.05, 3.63) is 60.8 Å². The van der Waals surface area contributed by atoms with E-state index in [-0.39, 0.29) is 11.8 Å². The summed E-state index contributed by atoms with van der Waals surface area (Å²) in [5, 5.41) is 5.43. The van der Waals surface area contributed by atoms with Gasteiger partial charge in [-0.1, -0.05) is 30.9 Å². The Kier molecular flexibility index (Phi) is 7.50. The zero-order valence-corrected chi connectivity index (χ0v) is 11.5. The largest absolute Gasteiger partial charge is 0.352 e. The quantitative estimate of drug-likeness (QED) is 0.564. The maximum Gasteiger partial charge on any atom is 0.251 e. The van der Waals surface area contributed by atoms with E-state index in [4.69, 9.17) is 0 Å². The predicted molar refractivity (Wildman–Crippen MR) is 80.1 cm³/mol. The number of carbonyl (C=O) groups excluding carboxylic acids is 2. The Morgan fingerprint density at radius 1 is 1.15 bits per heavy atom. The molecule has 4 heteroatoms. The second-order valence-electron chi connectivity index (χ2n) is 4.23. The normalized spacial score (nSPS) is 10.2. The molecule has 2 amide bonds. The molecule has 1 aromatic rings. The van der Waals surface area contributed by atoms with Crippen molar-refractivity contribution in [3.63, 3.8) is 0 Å². The first-order valence-corrected chi connectivity index (χ1v) is 6.65. The van der Waals surface area contributed by atoms with Gasteiger partial charge in [-0.25, -0.2) is 0 Å². The van der Waals surface area contributed by atoms with Crippen LogP contribution in [0.3, 0.4) is 0 Å². The lowest BCUT2D eigenvalue weighted by Crippen LogP contribution is -2.24. The van der Waals surface area contributed by atoms with Crippen LogP contribution in [-0.2, 0) is 4.79 Å². The highest BCUT2D eigenvalue weighted by Crippen LogP contribution is 1.99. The summed E-state index contributed by atoms with van der Waals surface area (Å²) in [6.07, 6.45) is 7.45. The molecule has 0 aliphatic heterocycles. The summed E-state index contributed by atoms with van der Waals surface area (Å²) in [5.41, 5.74) is 0.680. The Balaban J connectivity index is 2.06. The number of hydrogen-bond donors (Lipinski definition) is 2. The molecule has 0 bridgehead atoms. The van der Waals surface area contributed by atoms with Crippen molar-refractivity contribution in [3.8, 4) is 0 Å². The maximum atomic E-state index is 11.7. The fourth-order valence-electron chi connectivity index (χ4n) is 1.56. The minimum absolute atomic E-state index is 0.0422. The van der Waals surface area contributed by atoms with Crippen molar-refractivity contribution in [2.75, 3.05) is 6.54 Å². The zero-order chi connectivity index (χ0) is 14.6. The van der Waals surface area contributed by atoms with E-state index in [0.717, 1.165) is 19.3 Å². The summed E-state index contributed by atoms with van der Waals surface area (Å²) in [6, 6.07) is 9.16. The van der Waals surface area contributed by atoms with E-state index in [1.807, 2.05) is 24.3 Å². The molecule has 0 aliphatic carbocycles. The second-order valence-corrected chi connectivity index (χ2v) is 4.23. The molecule has 1 aromatic carbocycles.